The number of amidine groups is 1. The molecule has 2 heterocycles. The van der Waals surface area contributed by atoms with Gasteiger partial charge in [-0.1, -0.05) is 6.07 Å². The van der Waals surface area contributed by atoms with E-state index in [1.807, 2.05) is 12.1 Å². The van der Waals surface area contributed by atoms with Gasteiger partial charge in [-0.05, 0) is 12.1 Å². The van der Waals surface area contributed by atoms with E-state index in [9.17, 15) is 0 Å². The molecule has 0 atom stereocenters. The van der Waals surface area contributed by atoms with Crippen LogP contribution in [0.15, 0.2) is 22.6 Å². The number of nitrogens with two attached hydrogens (primary N) is 1. The smallest absolute Gasteiger partial charge is 0.331 e. The summed E-state index contributed by atoms with van der Waals surface area (Å²) in [6, 6.07) is 5.54. The third-order valence-corrected chi connectivity index (χ3v) is 3.04. The summed E-state index contributed by atoms with van der Waals surface area (Å²) in [5.41, 5.74) is 8.10. The molecule has 2 aliphatic heterocycles. The lowest BCUT2D eigenvalue weighted by molar-refractivity contribution is 0.0850. The highest BCUT2D eigenvalue weighted by Crippen LogP contribution is 2.36. The van der Waals surface area contributed by atoms with E-state index in [1.54, 1.807) is 6.07 Å². The van der Waals surface area contributed by atoms with Crippen LogP contribution in [0.3, 0.4) is 0 Å². The third kappa shape index (κ3) is 1.80. The highest BCUT2D eigenvalue weighted by molar-refractivity contribution is 7.99. The van der Waals surface area contributed by atoms with Gasteiger partial charge in [0, 0.05) is 0 Å². The topological polar surface area (TPSA) is 108 Å². The minimum atomic E-state index is -1.15. The Kier molecular flexibility index (Phi) is 2.37. The molecule has 90 valence electrons. The first-order chi connectivity index (χ1) is 8.24. The Hall–Kier alpha value is -1.48. The number of fused-ring (bicyclic) bond motifs is 1. The monoisotopic (exact) mass is 254 g/mol. The predicted molar refractivity (Wildman–Crippen MR) is 64.0 cm³/mol. The van der Waals surface area contributed by atoms with Crippen LogP contribution in [-0.4, -0.2) is 23.5 Å². The van der Waals surface area contributed by atoms with Crippen molar-refractivity contribution in [3.63, 3.8) is 0 Å². The van der Waals surface area contributed by atoms with Crippen molar-refractivity contribution in [2.75, 3.05) is 16.6 Å². The lowest BCUT2D eigenvalue weighted by Crippen LogP contribution is -2.29. The van der Waals surface area contributed by atoms with Crippen molar-refractivity contribution in [1.82, 2.24) is 0 Å². The number of aliphatic hydroxyl groups is 1. The number of hydrogen-bond donors (Lipinski definition) is 4. The van der Waals surface area contributed by atoms with Crippen molar-refractivity contribution in [2.24, 2.45) is 10.1 Å². The van der Waals surface area contributed by atoms with Crippen LogP contribution in [0.25, 0.3) is 0 Å². The van der Waals surface area contributed by atoms with Gasteiger partial charge in [-0.15, -0.1) is 0 Å². The first-order valence-electron chi connectivity index (χ1n) is 4.89. The molecule has 8 heteroatoms. The van der Waals surface area contributed by atoms with Crippen molar-refractivity contribution < 1.29 is 14.9 Å². The average Bonchev–Trinajstić information content (AvgIpc) is 3.10. The van der Waals surface area contributed by atoms with E-state index in [1.165, 1.54) is 12.1 Å². The molecule has 0 aromatic heterocycles. The minimum Gasteiger partial charge on any atom is -0.388 e. The van der Waals surface area contributed by atoms with E-state index in [-0.39, 0.29) is 6.61 Å². The van der Waals surface area contributed by atoms with Gasteiger partial charge in [0.1, 0.15) is 12.4 Å². The fourth-order valence-electron chi connectivity index (χ4n) is 1.57. The Morgan fingerprint density at radius 3 is 3.06 bits per heavy atom. The highest BCUT2D eigenvalue weighted by Gasteiger charge is 2.49. The van der Waals surface area contributed by atoms with Crippen LogP contribution in [-0.2, 0) is 9.78 Å². The summed E-state index contributed by atoms with van der Waals surface area (Å²) in [6.07, 6.45) is 0. The number of aliphatic hydroxyl groups excluding tert-OH is 1. The highest BCUT2D eigenvalue weighted by atomic mass is 32.2. The van der Waals surface area contributed by atoms with Gasteiger partial charge in [-0.2, -0.15) is 14.2 Å². The molecule has 0 unspecified atom stereocenters. The zero-order valence-electron chi connectivity index (χ0n) is 8.64. The van der Waals surface area contributed by atoms with Crippen LogP contribution in [0.5, 0.6) is 0 Å². The minimum absolute atomic E-state index is 0.296. The molecule has 17 heavy (non-hydrogen) atoms. The predicted octanol–water partition coefficient (Wildman–Crippen LogP) is 0.400. The Bertz CT molecular complexity index is 489. The average molecular weight is 254 g/mol. The molecule has 1 saturated heterocycles. The molecule has 3 rings (SSSR count). The molecule has 0 spiro atoms. The number of benzene rings is 1. The second-order valence-electron chi connectivity index (χ2n) is 3.60. The Labute approximate surface area is 101 Å². The van der Waals surface area contributed by atoms with Gasteiger partial charge in [-0.25, -0.2) is 0 Å². The summed E-state index contributed by atoms with van der Waals surface area (Å²) in [6.45, 7) is -0.296. The molecule has 0 aliphatic carbocycles. The SMILES string of the molecule is NC1=NSNc2cccc(NC3(CO)OO3)c21. The summed E-state index contributed by atoms with van der Waals surface area (Å²) in [5, 5.41) is 12.0. The maximum absolute atomic E-state index is 9.09. The van der Waals surface area contributed by atoms with Crippen LogP contribution >= 0.6 is 12.1 Å². The van der Waals surface area contributed by atoms with Gasteiger partial charge in [0.05, 0.1) is 29.1 Å². The fraction of sp³-hybridized carbons (Fsp3) is 0.222. The lowest BCUT2D eigenvalue weighted by Gasteiger charge is -2.19. The standard InChI is InChI=1S/C9H10N4O3S/c10-8-7-5(11-9(4-14)15-16-9)2-1-3-6(7)12-17-13-8/h1-3,11-12,14H,4H2,(H2,10,13). The molecule has 5 N–H and O–H groups in total. The molecule has 1 fully saturated rings. The first kappa shape index (κ1) is 10.7. The van der Waals surface area contributed by atoms with E-state index < -0.39 is 5.91 Å². The number of hydrogen-bond acceptors (Lipinski definition) is 8. The van der Waals surface area contributed by atoms with Gasteiger partial charge < -0.3 is 20.9 Å². The van der Waals surface area contributed by atoms with Crippen molar-refractivity contribution in [1.29, 1.82) is 0 Å². The fourth-order valence-corrected chi connectivity index (χ4v) is 2.08. The van der Waals surface area contributed by atoms with Gasteiger partial charge in [0.2, 0.25) is 0 Å². The Balaban J connectivity index is 1.98. The van der Waals surface area contributed by atoms with Gasteiger partial charge in [-0.3, -0.25) is 0 Å². The van der Waals surface area contributed by atoms with Gasteiger partial charge in [0.25, 0.3) is 0 Å². The maximum atomic E-state index is 9.09. The van der Waals surface area contributed by atoms with Gasteiger partial charge >= 0.3 is 5.91 Å². The second-order valence-corrected chi connectivity index (χ2v) is 4.17. The van der Waals surface area contributed by atoms with Crippen molar-refractivity contribution >= 4 is 29.3 Å². The summed E-state index contributed by atoms with van der Waals surface area (Å²) in [4.78, 5) is 9.42. The first-order valence-corrected chi connectivity index (χ1v) is 5.66. The quantitative estimate of drug-likeness (QED) is 0.351. The molecule has 0 bridgehead atoms. The van der Waals surface area contributed by atoms with E-state index >= 15 is 0 Å². The normalized spacial score (nSPS) is 19.9. The van der Waals surface area contributed by atoms with E-state index in [4.69, 9.17) is 20.6 Å². The summed E-state index contributed by atoms with van der Waals surface area (Å²) >= 11 is 1.17. The molecule has 1 aromatic carbocycles. The van der Waals surface area contributed by atoms with Crippen LogP contribution in [0, 0.1) is 0 Å². The zero-order chi connectivity index (χ0) is 11.9. The second kappa shape index (κ2) is 3.77. The molecular weight excluding hydrogens is 244 g/mol. The Morgan fingerprint density at radius 1 is 1.53 bits per heavy atom. The summed E-state index contributed by atoms with van der Waals surface area (Å²) in [5.74, 6) is -0.749. The summed E-state index contributed by atoms with van der Waals surface area (Å²) in [7, 11) is 0. The van der Waals surface area contributed by atoms with Crippen molar-refractivity contribution in [3.8, 4) is 0 Å². The molecule has 1 aromatic rings. The number of nitrogens with zero attached hydrogens (tertiary/aromatic N) is 1. The number of nitrogens with one attached hydrogen (secondary N) is 2. The van der Waals surface area contributed by atoms with E-state index in [0.717, 1.165) is 11.3 Å². The van der Waals surface area contributed by atoms with E-state index in [2.05, 4.69) is 14.4 Å². The number of rotatable bonds is 3. The van der Waals surface area contributed by atoms with E-state index in [0.29, 0.717) is 11.5 Å². The van der Waals surface area contributed by atoms with Crippen molar-refractivity contribution in [3.05, 3.63) is 23.8 Å². The van der Waals surface area contributed by atoms with Crippen LogP contribution in [0.1, 0.15) is 5.56 Å². The molecule has 7 nitrogen and oxygen atoms in total. The molecule has 0 amide bonds. The molecule has 2 aliphatic rings. The summed E-state index contributed by atoms with van der Waals surface area (Å²) < 4.78 is 7.05. The Morgan fingerprint density at radius 2 is 2.35 bits per heavy atom. The van der Waals surface area contributed by atoms with Crippen LogP contribution in [0.2, 0.25) is 0 Å². The number of anilines is 2. The zero-order valence-corrected chi connectivity index (χ0v) is 9.45. The molecule has 0 radical (unpaired) electrons. The molecule has 0 saturated carbocycles. The lowest BCUT2D eigenvalue weighted by atomic mass is 10.1. The van der Waals surface area contributed by atoms with Crippen LogP contribution < -0.4 is 15.8 Å². The molecular formula is C9H10N4O3S. The third-order valence-electron chi connectivity index (χ3n) is 2.44. The van der Waals surface area contributed by atoms with Crippen LogP contribution in [0.4, 0.5) is 11.4 Å². The maximum Gasteiger partial charge on any atom is 0.331 e. The largest absolute Gasteiger partial charge is 0.388 e. The van der Waals surface area contributed by atoms with Crippen molar-refractivity contribution in [2.45, 2.75) is 5.91 Å². The van der Waals surface area contributed by atoms with Gasteiger partial charge in [0.15, 0.2) is 0 Å².